The molecular weight excluding hydrogens is 342 g/mol. The first kappa shape index (κ1) is 21.0. The van der Waals surface area contributed by atoms with Crippen LogP contribution in [0.2, 0.25) is 0 Å². The number of aromatic hydroxyl groups is 1. The number of nitrogens with zero attached hydrogens (tertiary/aromatic N) is 2. The van der Waals surface area contributed by atoms with Crippen LogP contribution in [0, 0.1) is 5.92 Å². The zero-order valence-electron chi connectivity index (χ0n) is 16.5. The number of anilines is 1. The summed E-state index contributed by atoms with van der Waals surface area (Å²) in [6.45, 7) is 9.45. The second-order valence-corrected chi connectivity index (χ2v) is 7.09. The SMILES string of the molecule is CCNC(=NCC(=O)Nc1ccc(O)cc1)NCCCN1CCC(C)CC1. The van der Waals surface area contributed by atoms with Gasteiger partial charge in [-0.2, -0.15) is 0 Å². The summed E-state index contributed by atoms with van der Waals surface area (Å²) in [7, 11) is 0. The number of aliphatic imine (C=N–C) groups is 1. The fourth-order valence-electron chi connectivity index (χ4n) is 3.03. The third kappa shape index (κ3) is 8.30. The monoisotopic (exact) mass is 375 g/mol. The number of benzene rings is 1. The molecule has 7 nitrogen and oxygen atoms in total. The second-order valence-electron chi connectivity index (χ2n) is 7.09. The van der Waals surface area contributed by atoms with Crippen LogP contribution < -0.4 is 16.0 Å². The Morgan fingerprint density at radius 3 is 2.59 bits per heavy atom. The fourth-order valence-corrected chi connectivity index (χ4v) is 3.03. The van der Waals surface area contributed by atoms with Crippen LogP contribution in [-0.4, -0.2) is 61.1 Å². The van der Waals surface area contributed by atoms with Crippen molar-refractivity contribution in [3.8, 4) is 5.75 Å². The summed E-state index contributed by atoms with van der Waals surface area (Å²) in [5.74, 6) is 1.49. The van der Waals surface area contributed by atoms with Crippen molar-refractivity contribution in [2.75, 3.05) is 44.6 Å². The lowest BCUT2D eigenvalue weighted by Gasteiger charge is -2.30. The summed E-state index contributed by atoms with van der Waals surface area (Å²) >= 11 is 0. The van der Waals surface area contributed by atoms with Crippen molar-refractivity contribution in [3.63, 3.8) is 0 Å². The fraction of sp³-hybridized carbons (Fsp3) is 0.600. The highest BCUT2D eigenvalue weighted by molar-refractivity contribution is 5.94. The number of carbonyl (C=O) groups excluding carboxylic acids is 1. The van der Waals surface area contributed by atoms with E-state index >= 15 is 0 Å². The van der Waals surface area contributed by atoms with Crippen LogP contribution in [0.5, 0.6) is 5.75 Å². The molecule has 1 aromatic rings. The van der Waals surface area contributed by atoms with Gasteiger partial charge >= 0.3 is 0 Å². The lowest BCUT2D eigenvalue weighted by Crippen LogP contribution is -2.40. The van der Waals surface area contributed by atoms with Crippen LogP contribution in [0.3, 0.4) is 0 Å². The molecule has 0 spiro atoms. The van der Waals surface area contributed by atoms with Gasteiger partial charge < -0.3 is 26.0 Å². The summed E-state index contributed by atoms with van der Waals surface area (Å²) in [4.78, 5) is 18.9. The molecule has 1 saturated heterocycles. The number of amides is 1. The van der Waals surface area contributed by atoms with Crippen LogP contribution in [0.4, 0.5) is 5.69 Å². The second kappa shape index (κ2) is 11.4. The zero-order chi connectivity index (χ0) is 19.5. The van der Waals surface area contributed by atoms with Crippen LogP contribution >= 0.6 is 0 Å². The quantitative estimate of drug-likeness (QED) is 0.242. The molecule has 0 saturated carbocycles. The first-order valence-corrected chi connectivity index (χ1v) is 9.90. The topological polar surface area (TPSA) is 89.0 Å². The predicted molar refractivity (Wildman–Crippen MR) is 110 cm³/mol. The number of likely N-dealkylation sites (tertiary alicyclic amines) is 1. The molecule has 0 atom stereocenters. The maximum Gasteiger partial charge on any atom is 0.246 e. The smallest absolute Gasteiger partial charge is 0.246 e. The number of nitrogens with one attached hydrogen (secondary N) is 3. The number of carbonyl (C=O) groups is 1. The van der Waals surface area contributed by atoms with Crippen molar-refractivity contribution in [2.45, 2.75) is 33.1 Å². The molecule has 7 heteroatoms. The number of guanidine groups is 1. The molecule has 1 aromatic carbocycles. The molecule has 4 N–H and O–H groups in total. The summed E-state index contributed by atoms with van der Waals surface area (Å²) in [5, 5.41) is 18.5. The van der Waals surface area contributed by atoms with Crippen molar-refractivity contribution in [2.24, 2.45) is 10.9 Å². The number of phenols is 1. The van der Waals surface area contributed by atoms with Gasteiger partial charge in [0, 0.05) is 18.8 Å². The highest BCUT2D eigenvalue weighted by Crippen LogP contribution is 2.15. The third-order valence-corrected chi connectivity index (χ3v) is 4.70. The van der Waals surface area contributed by atoms with Gasteiger partial charge in [0.05, 0.1) is 0 Å². The van der Waals surface area contributed by atoms with Crippen molar-refractivity contribution in [1.29, 1.82) is 0 Å². The Kier molecular flexibility index (Phi) is 8.91. The third-order valence-electron chi connectivity index (χ3n) is 4.70. The number of phenolic OH excluding ortho intramolecular Hbond substituents is 1. The normalized spacial score (nSPS) is 16.1. The predicted octanol–water partition coefficient (Wildman–Crippen LogP) is 2.01. The molecule has 1 aliphatic rings. The number of piperidine rings is 1. The maximum absolute atomic E-state index is 12.0. The van der Waals surface area contributed by atoms with Crippen LogP contribution in [0.25, 0.3) is 0 Å². The number of hydrogen-bond donors (Lipinski definition) is 4. The van der Waals surface area contributed by atoms with Gasteiger partial charge in [-0.05, 0) is 76.0 Å². The van der Waals surface area contributed by atoms with Gasteiger partial charge in [0.25, 0.3) is 0 Å². The summed E-state index contributed by atoms with van der Waals surface area (Å²) in [5.41, 5.74) is 0.641. The van der Waals surface area contributed by atoms with E-state index in [-0.39, 0.29) is 18.2 Å². The zero-order valence-corrected chi connectivity index (χ0v) is 16.5. The minimum absolute atomic E-state index is 0.0419. The van der Waals surface area contributed by atoms with E-state index in [0.29, 0.717) is 11.6 Å². The largest absolute Gasteiger partial charge is 0.508 e. The number of hydrogen-bond acceptors (Lipinski definition) is 4. The van der Waals surface area contributed by atoms with Crippen LogP contribution in [-0.2, 0) is 4.79 Å². The van der Waals surface area contributed by atoms with Crippen molar-refractivity contribution in [1.82, 2.24) is 15.5 Å². The van der Waals surface area contributed by atoms with E-state index in [1.165, 1.54) is 38.1 Å². The Bertz CT molecular complexity index is 595. The van der Waals surface area contributed by atoms with E-state index in [2.05, 4.69) is 32.8 Å². The van der Waals surface area contributed by atoms with E-state index in [4.69, 9.17) is 0 Å². The van der Waals surface area contributed by atoms with Crippen LogP contribution in [0.1, 0.15) is 33.1 Å². The number of rotatable bonds is 8. The summed E-state index contributed by atoms with van der Waals surface area (Å²) < 4.78 is 0. The molecule has 0 radical (unpaired) electrons. The van der Waals surface area contributed by atoms with E-state index < -0.39 is 0 Å². The lowest BCUT2D eigenvalue weighted by molar-refractivity contribution is -0.114. The molecule has 150 valence electrons. The average molecular weight is 376 g/mol. The molecule has 0 bridgehead atoms. The highest BCUT2D eigenvalue weighted by Gasteiger charge is 2.14. The maximum atomic E-state index is 12.0. The highest BCUT2D eigenvalue weighted by atomic mass is 16.3. The van der Waals surface area contributed by atoms with Crippen molar-refractivity contribution < 1.29 is 9.90 Å². The van der Waals surface area contributed by atoms with E-state index in [9.17, 15) is 9.90 Å². The molecular formula is C20H33N5O2. The van der Waals surface area contributed by atoms with Gasteiger partial charge in [-0.1, -0.05) is 6.92 Å². The minimum atomic E-state index is -0.194. The van der Waals surface area contributed by atoms with Gasteiger partial charge in [0.1, 0.15) is 12.3 Å². The molecule has 0 aromatic heterocycles. The van der Waals surface area contributed by atoms with Crippen molar-refractivity contribution >= 4 is 17.6 Å². The Morgan fingerprint density at radius 1 is 1.22 bits per heavy atom. The molecule has 1 fully saturated rings. The molecule has 1 aliphatic heterocycles. The van der Waals surface area contributed by atoms with Gasteiger partial charge in [-0.3, -0.25) is 4.79 Å². The first-order chi connectivity index (χ1) is 13.1. The van der Waals surface area contributed by atoms with E-state index in [1.54, 1.807) is 12.1 Å². The van der Waals surface area contributed by atoms with Gasteiger partial charge in [-0.15, -0.1) is 0 Å². The molecule has 0 aliphatic carbocycles. The molecule has 27 heavy (non-hydrogen) atoms. The first-order valence-electron chi connectivity index (χ1n) is 9.90. The standard InChI is InChI=1S/C20H33N5O2/c1-3-21-20(22-11-4-12-25-13-9-16(2)10-14-25)23-15-19(27)24-17-5-7-18(26)8-6-17/h5-8,16,26H,3-4,9-15H2,1-2H3,(H,24,27)(H2,21,22,23). The Hall–Kier alpha value is -2.28. The Labute approximate surface area is 162 Å². The Morgan fingerprint density at radius 2 is 1.93 bits per heavy atom. The molecule has 0 unspecified atom stereocenters. The molecule has 2 rings (SSSR count). The summed E-state index contributed by atoms with van der Waals surface area (Å²) in [6, 6.07) is 6.38. The van der Waals surface area contributed by atoms with Gasteiger partial charge in [0.15, 0.2) is 5.96 Å². The lowest BCUT2D eigenvalue weighted by atomic mass is 9.99. The van der Waals surface area contributed by atoms with Crippen molar-refractivity contribution in [3.05, 3.63) is 24.3 Å². The van der Waals surface area contributed by atoms with E-state index in [0.717, 1.165) is 32.0 Å². The summed E-state index contributed by atoms with van der Waals surface area (Å²) in [6.07, 6.45) is 3.65. The molecule has 1 heterocycles. The van der Waals surface area contributed by atoms with E-state index in [1.807, 2.05) is 6.92 Å². The van der Waals surface area contributed by atoms with Gasteiger partial charge in [0.2, 0.25) is 5.91 Å². The molecule has 1 amide bonds. The average Bonchev–Trinajstić information content (AvgIpc) is 2.66. The Balaban J connectivity index is 1.69. The van der Waals surface area contributed by atoms with Gasteiger partial charge in [-0.25, -0.2) is 4.99 Å². The van der Waals surface area contributed by atoms with Crippen LogP contribution in [0.15, 0.2) is 29.3 Å². The minimum Gasteiger partial charge on any atom is -0.508 e.